The van der Waals surface area contributed by atoms with E-state index in [2.05, 4.69) is 6.58 Å². The average Bonchev–Trinajstić information content (AvgIpc) is 2.54. The van der Waals surface area contributed by atoms with Crippen molar-refractivity contribution in [2.24, 2.45) is 0 Å². The summed E-state index contributed by atoms with van der Waals surface area (Å²) in [7, 11) is 0. The number of Topliss-reactive ketones (excluding diaryl/α,β-unsaturated/α-hetero) is 1. The molecule has 0 N–H and O–H groups in total. The summed E-state index contributed by atoms with van der Waals surface area (Å²) in [4.78, 5) is 35.9. The van der Waals surface area contributed by atoms with Crippen molar-refractivity contribution in [2.75, 3.05) is 6.61 Å². The Balaban J connectivity index is 2.99. The summed E-state index contributed by atoms with van der Waals surface area (Å²) in [5, 5.41) is 0. The fraction of sp³-hybridized carbons (Fsp3) is 0.643. The Bertz CT molecular complexity index is 374. The zero-order chi connectivity index (χ0) is 14.3. The quantitative estimate of drug-likeness (QED) is 0.330. The molecular weight excluding hydrogens is 248 g/mol. The Hall–Kier alpha value is -1.65. The van der Waals surface area contributed by atoms with E-state index in [1.165, 1.54) is 6.08 Å². The van der Waals surface area contributed by atoms with Gasteiger partial charge in [0, 0.05) is 12.8 Å². The molecule has 1 saturated carbocycles. The largest absolute Gasteiger partial charge is 0.463 e. The molecule has 5 heteroatoms. The normalized spacial score (nSPS) is 23.3. The number of ether oxygens (including phenoxy) is 2. The van der Waals surface area contributed by atoms with Gasteiger partial charge in [0.05, 0.1) is 13.0 Å². The number of rotatable bonds is 5. The molecule has 0 aliphatic heterocycles. The van der Waals surface area contributed by atoms with Gasteiger partial charge in [0.1, 0.15) is 0 Å². The van der Waals surface area contributed by atoms with E-state index in [4.69, 9.17) is 9.47 Å². The van der Waals surface area contributed by atoms with Crippen molar-refractivity contribution < 1.29 is 23.9 Å². The summed E-state index contributed by atoms with van der Waals surface area (Å²) in [5.41, 5.74) is -1.74. The van der Waals surface area contributed by atoms with Crippen LogP contribution in [0, 0.1) is 0 Å². The lowest BCUT2D eigenvalue weighted by Crippen LogP contribution is -2.50. The van der Waals surface area contributed by atoms with Crippen LogP contribution in [0.1, 0.15) is 45.4 Å². The van der Waals surface area contributed by atoms with Crippen molar-refractivity contribution in [3.8, 4) is 0 Å². The van der Waals surface area contributed by atoms with Crippen LogP contribution in [-0.4, -0.2) is 29.9 Å². The third-order valence-electron chi connectivity index (χ3n) is 3.09. The van der Waals surface area contributed by atoms with Crippen LogP contribution in [0.5, 0.6) is 0 Å². The van der Waals surface area contributed by atoms with Crippen molar-refractivity contribution in [2.45, 2.75) is 51.0 Å². The second-order valence-corrected chi connectivity index (χ2v) is 4.50. The van der Waals surface area contributed by atoms with Crippen LogP contribution < -0.4 is 0 Å². The molecule has 0 saturated heterocycles. The molecular formula is C14H20O5. The summed E-state index contributed by atoms with van der Waals surface area (Å²) in [6.07, 6.45) is 3.99. The first-order chi connectivity index (χ1) is 9.06. The minimum atomic E-state index is -1.74. The number of carbonyl (C=O) groups excluding carboxylic acids is 3. The molecule has 0 aromatic rings. The molecule has 1 rings (SSSR count). The first kappa shape index (κ1) is 15.4. The lowest BCUT2D eigenvalue weighted by molar-refractivity contribution is -0.186. The first-order valence-electron chi connectivity index (χ1n) is 6.60. The molecule has 0 heterocycles. The maximum atomic E-state index is 12.2. The standard InChI is InChI=1S/C14H20O5/c1-3-8-12(16)19-14(13(17)18-4-2)10-7-5-6-9-11(14)15/h3H,1,4-10H2,2H3. The molecule has 106 valence electrons. The number of carbonyl (C=O) groups is 3. The predicted octanol–water partition coefficient (Wildman–Crippen LogP) is 1.94. The summed E-state index contributed by atoms with van der Waals surface area (Å²) >= 11 is 0. The molecule has 1 unspecified atom stereocenters. The van der Waals surface area contributed by atoms with E-state index >= 15 is 0 Å². The number of hydrogen-bond donors (Lipinski definition) is 0. The van der Waals surface area contributed by atoms with E-state index in [-0.39, 0.29) is 31.7 Å². The van der Waals surface area contributed by atoms with Crippen LogP contribution >= 0.6 is 0 Å². The zero-order valence-corrected chi connectivity index (χ0v) is 11.3. The van der Waals surface area contributed by atoms with Gasteiger partial charge < -0.3 is 9.47 Å². The summed E-state index contributed by atoms with van der Waals surface area (Å²) in [6.45, 7) is 5.23. The van der Waals surface area contributed by atoms with Crippen LogP contribution in [0.4, 0.5) is 0 Å². The smallest absolute Gasteiger partial charge is 0.358 e. The molecule has 0 bridgehead atoms. The zero-order valence-electron chi connectivity index (χ0n) is 11.3. The van der Waals surface area contributed by atoms with Crippen LogP contribution in [-0.2, 0) is 23.9 Å². The van der Waals surface area contributed by atoms with Crippen molar-refractivity contribution >= 4 is 17.7 Å². The van der Waals surface area contributed by atoms with E-state index in [0.29, 0.717) is 12.8 Å². The molecule has 0 radical (unpaired) electrons. The van der Waals surface area contributed by atoms with Gasteiger partial charge in [0.2, 0.25) is 0 Å². The highest BCUT2D eigenvalue weighted by Crippen LogP contribution is 2.29. The Morgan fingerprint density at radius 3 is 2.74 bits per heavy atom. The Morgan fingerprint density at radius 2 is 2.11 bits per heavy atom. The minimum Gasteiger partial charge on any atom is -0.463 e. The third kappa shape index (κ3) is 3.66. The number of hydrogen-bond acceptors (Lipinski definition) is 5. The van der Waals surface area contributed by atoms with Gasteiger partial charge in [-0.05, 0) is 19.8 Å². The second kappa shape index (κ2) is 7.07. The highest BCUT2D eigenvalue weighted by atomic mass is 16.6. The second-order valence-electron chi connectivity index (χ2n) is 4.50. The molecule has 19 heavy (non-hydrogen) atoms. The molecule has 1 fully saturated rings. The fourth-order valence-electron chi connectivity index (χ4n) is 2.14. The summed E-state index contributed by atoms with van der Waals surface area (Å²) in [5.74, 6) is -1.74. The van der Waals surface area contributed by atoms with Crippen LogP contribution in [0.3, 0.4) is 0 Å². The van der Waals surface area contributed by atoms with Crippen molar-refractivity contribution in [1.82, 2.24) is 0 Å². The Labute approximate surface area is 112 Å². The van der Waals surface area contributed by atoms with Gasteiger partial charge in [0.25, 0.3) is 5.60 Å². The Kier molecular flexibility index (Phi) is 5.73. The van der Waals surface area contributed by atoms with Crippen molar-refractivity contribution in [3.63, 3.8) is 0 Å². The molecule has 0 aromatic heterocycles. The van der Waals surface area contributed by atoms with Gasteiger partial charge in [-0.2, -0.15) is 0 Å². The lowest BCUT2D eigenvalue weighted by Gasteiger charge is -2.28. The van der Waals surface area contributed by atoms with Crippen molar-refractivity contribution in [1.29, 1.82) is 0 Å². The maximum absolute atomic E-state index is 12.2. The topological polar surface area (TPSA) is 69.7 Å². The minimum absolute atomic E-state index is 0.0333. The molecule has 0 spiro atoms. The maximum Gasteiger partial charge on any atom is 0.358 e. The van der Waals surface area contributed by atoms with E-state index in [1.807, 2.05) is 0 Å². The summed E-state index contributed by atoms with van der Waals surface area (Å²) in [6, 6.07) is 0. The lowest BCUT2D eigenvalue weighted by atomic mass is 9.92. The predicted molar refractivity (Wildman–Crippen MR) is 68.4 cm³/mol. The first-order valence-corrected chi connectivity index (χ1v) is 6.60. The van der Waals surface area contributed by atoms with E-state index < -0.39 is 17.5 Å². The van der Waals surface area contributed by atoms with E-state index in [9.17, 15) is 14.4 Å². The summed E-state index contributed by atoms with van der Waals surface area (Å²) < 4.78 is 10.1. The van der Waals surface area contributed by atoms with Gasteiger partial charge in [-0.15, -0.1) is 6.58 Å². The molecule has 0 aromatic carbocycles. The molecule has 1 aliphatic carbocycles. The van der Waals surface area contributed by atoms with Gasteiger partial charge >= 0.3 is 11.9 Å². The SMILES string of the molecule is C=CCC(=O)OC1(C(=O)OCC)CCCCCC1=O. The van der Waals surface area contributed by atoms with Gasteiger partial charge in [-0.3, -0.25) is 9.59 Å². The van der Waals surface area contributed by atoms with Crippen LogP contribution in [0.2, 0.25) is 0 Å². The number of esters is 2. The van der Waals surface area contributed by atoms with Crippen LogP contribution in [0.15, 0.2) is 12.7 Å². The van der Waals surface area contributed by atoms with Gasteiger partial charge in [-0.25, -0.2) is 4.79 Å². The monoisotopic (exact) mass is 268 g/mol. The van der Waals surface area contributed by atoms with E-state index in [1.54, 1.807) is 6.92 Å². The molecule has 1 atom stereocenters. The van der Waals surface area contributed by atoms with E-state index in [0.717, 1.165) is 6.42 Å². The highest BCUT2D eigenvalue weighted by molar-refractivity contribution is 6.08. The van der Waals surface area contributed by atoms with Crippen LogP contribution in [0.25, 0.3) is 0 Å². The van der Waals surface area contributed by atoms with Crippen molar-refractivity contribution in [3.05, 3.63) is 12.7 Å². The Morgan fingerprint density at radius 1 is 1.37 bits per heavy atom. The average molecular weight is 268 g/mol. The molecule has 0 amide bonds. The number of ketones is 1. The highest BCUT2D eigenvalue weighted by Gasteiger charge is 2.50. The fourth-order valence-corrected chi connectivity index (χ4v) is 2.14. The van der Waals surface area contributed by atoms with Gasteiger partial charge in [-0.1, -0.05) is 12.5 Å². The molecule has 5 nitrogen and oxygen atoms in total. The molecule has 1 aliphatic rings. The third-order valence-corrected chi connectivity index (χ3v) is 3.09. The van der Waals surface area contributed by atoms with Gasteiger partial charge in [0.15, 0.2) is 5.78 Å².